The van der Waals surface area contributed by atoms with Crippen LogP contribution in [-0.2, 0) is 0 Å². The summed E-state index contributed by atoms with van der Waals surface area (Å²) >= 11 is 6.67. The van der Waals surface area contributed by atoms with E-state index in [9.17, 15) is 9.50 Å². The molecule has 2 rings (SSSR count). The van der Waals surface area contributed by atoms with Gasteiger partial charge < -0.3 is 10.4 Å². The number of benzene rings is 1. The van der Waals surface area contributed by atoms with Gasteiger partial charge in [0.1, 0.15) is 5.75 Å². The van der Waals surface area contributed by atoms with Crippen LogP contribution in [0, 0.1) is 0 Å². The van der Waals surface area contributed by atoms with Crippen molar-refractivity contribution < 1.29 is 9.50 Å². The molecule has 7 heteroatoms. The van der Waals surface area contributed by atoms with Gasteiger partial charge in [0.25, 0.3) is 0 Å². The third-order valence-corrected chi connectivity index (χ3v) is 4.61. The molecule has 0 amide bonds. The molecular weight excluding hydrogens is 414 g/mol. The summed E-state index contributed by atoms with van der Waals surface area (Å²) in [5, 5.41) is 13.1. The van der Waals surface area contributed by atoms with Gasteiger partial charge in [0.15, 0.2) is 0 Å². The molecule has 0 aromatic heterocycles. The maximum absolute atomic E-state index is 12.8. The zero-order valence-electron chi connectivity index (χ0n) is 10.9. The quantitative estimate of drug-likeness (QED) is 0.763. The zero-order valence-corrected chi connectivity index (χ0v) is 14.9. The molecule has 0 radical (unpaired) electrons. The van der Waals surface area contributed by atoms with Crippen molar-refractivity contribution in [2.45, 2.75) is 12.5 Å². The van der Waals surface area contributed by atoms with Crippen LogP contribution >= 0.6 is 44.3 Å². The van der Waals surface area contributed by atoms with Crippen molar-refractivity contribution in [3.05, 3.63) is 26.6 Å². The van der Waals surface area contributed by atoms with Crippen molar-refractivity contribution in [2.75, 3.05) is 32.9 Å². The van der Waals surface area contributed by atoms with E-state index in [-0.39, 0.29) is 30.9 Å². The lowest BCUT2D eigenvalue weighted by molar-refractivity contribution is 0.157. The SMILES string of the molecule is Cl.Oc1c(Br)cc([C@H](CCF)N2CCNCC2)cc1Br. The maximum atomic E-state index is 12.8. The van der Waals surface area contributed by atoms with E-state index < -0.39 is 0 Å². The van der Waals surface area contributed by atoms with E-state index in [4.69, 9.17) is 0 Å². The summed E-state index contributed by atoms with van der Waals surface area (Å²) in [6.07, 6.45) is 0.476. The minimum absolute atomic E-state index is 0. The first kappa shape index (κ1) is 18.2. The van der Waals surface area contributed by atoms with E-state index >= 15 is 0 Å². The number of nitrogens with one attached hydrogen (secondary N) is 1. The molecule has 2 N–H and O–H groups in total. The molecule has 0 saturated carbocycles. The molecule has 114 valence electrons. The smallest absolute Gasteiger partial charge is 0.143 e. The van der Waals surface area contributed by atoms with Gasteiger partial charge in [-0.1, -0.05) is 0 Å². The van der Waals surface area contributed by atoms with Crippen molar-refractivity contribution in [1.82, 2.24) is 10.2 Å². The predicted octanol–water partition coefficient (Wildman–Crippen LogP) is 3.64. The number of phenols is 1. The molecule has 1 aliphatic rings. The molecule has 1 atom stereocenters. The maximum Gasteiger partial charge on any atom is 0.143 e. The number of halogens is 4. The number of aromatic hydroxyl groups is 1. The largest absolute Gasteiger partial charge is 0.506 e. The first-order chi connectivity index (χ1) is 9.13. The molecule has 0 unspecified atom stereocenters. The van der Waals surface area contributed by atoms with E-state index in [2.05, 4.69) is 42.1 Å². The molecule has 1 fully saturated rings. The van der Waals surface area contributed by atoms with E-state index in [0.29, 0.717) is 15.4 Å². The molecule has 20 heavy (non-hydrogen) atoms. The summed E-state index contributed by atoms with van der Waals surface area (Å²) < 4.78 is 14.1. The number of hydrogen-bond donors (Lipinski definition) is 2. The lowest BCUT2D eigenvalue weighted by atomic mass is 10.0. The highest BCUT2D eigenvalue weighted by Crippen LogP contribution is 2.37. The number of nitrogens with zero attached hydrogens (tertiary/aromatic N) is 1. The number of phenolic OH excluding ortho intramolecular Hbond substituents is 1. The Bertz CT molecular complexity index is 421. The second-order valence-electron chi connectivity index (χ2n) is 4.61. The Balaban J connectivity index is 0.00000200. The van der Waals surface area contributed by atoms with Crippen LogP contribution in [-0.4, -0.2) is 42.9 Å². The fraction of sp³-hybridized carbons (Fsp3) is 0.538. The number of alkyl halides is 1. The Morgan fingerprint density at radius 3 is 2.30 bits per heavy atom. The highest BCUT2D eigenvalue weighted by molar-refractivity contribution is 9.11. The van der Waals surface area contributed by atoms with Crippen LogP contribution < -0.4 is 5.32 Å². The van der Waals surface area contributed by atoms with Crippen molar-refractivity contribution in [3.63, 3.8) is 0 Å². The average Bonchev–Trinajstić information content (AvgIpc) is 2.42. The van der Waals surface area contributed by atoms with Gasteiger partial charge >= 0.3 is 0 Å². The molecule has 3 nitrogen and oxygen atoms in total. The number of hydrogen-bond acceptors (Lipinski definition) is 3. The fourth-order valence-electron chi connectivity index (χ4n) is 2.43. The molecule has 1 aromatic carbocycles. The highest BCUT2D eigenvalue weighted by atomic mass is 79.9. The van der Waals surface area contributed by atoms with Crippen LogP contribution in [0.5, 0.6) is 5.75 Å². The summed E-state index contributed by atoms with van der Waals surface area (Å²) in [6.45, 7) is 3.36. The Morgan fingerprint density at radius 2 is 1.80 bits per heavy atom. The van der Waals surface area contributed by atoms with Crippen LogP contribution in [0.4, 0.5) is 4.39 Å². The van der Waals surface area contributed by atoms with Crippen molar-refractivity contribution in [3.8, 4) is 5.75 Å². The summed E-state index contributed by atoms with van der Waals surface area (Å²) in [5.41, 5.74) is 1.02. The second kappa shape index (κ2) is 8.54. The van der Waals surface area contributed by atoms with Crippen molar-refractivity contribution >= 4 is 44.3 Å². The van der Waals surface area contributed by atoms with Crippen LogP contribution in [0.25, 0.3) is 0 Å². The van der Waals surface area contributed by atoms with Gasteiger partial charge in [-0.05, 0) is 56.0 Å². The summed E-state index contributed by atoms with van der Waals surface area (Å²) in [6, 6.07) is 3.81. The van der Waals surface area contributed by atoms with Crippen LogP contribution in [0.3, 0.4) is 0 Å². The van der Waals surface area contributed by atoms with Gasteiger partial charge in [0, 0.05) is 32.2 Å². The summed E-state index contributed by atoms with van der Waals surface area (Å²) in [5.74, 6) is 0.183. The minimum Gasteiger partial charge on any atom is -0.506 e. The molecular formula is C13H18Br2ClFN2O. The average molecular weight is 433 g/mol. The summed E-state index contributed by atoms with van der Waals surface area (Å²) in [7, 11) is 0. The van der Waals surface area contributed by atoms with Crippen LogP contribution in [0.2, 0.25) is 0 Å². The third kappa shape index (κ3) is 4.31. The van der Waals surface area contributed by atoms with E-state index in [0.717, 1.165) is 31.7 Å². The van der Waals surface area contributed by atoms with Gasteiger partial charge in [-0.15, -0.1) is 12.4 Å². The molecule has 1 aliphatic heterocycles. The van der Waals surface area contributed by atoms with E-state index in [1.165, 1.54) is 0 Å². The lowest BCUT2D eigenvalue weighted by Gasteiger charge is -2.35. The van der Waals surface area contributed by atoms with Gasteiger partial charge in [-0.3, -0.25) is 9.29 Å². The third-order valence-electron chi connectivity index (χ3n) is 3.40. The van der Waals surface area contributed by atoms with Gasteiger partial charge in [0.2, 0.25) is 0 Å². The van der Waals surface area contributed by atoms with Crippen LogP contribution in [0.15, 0.2) is 21.1 Å². The Labute approximate surface area is 141 Å². The predicted molar refractivity (Wildman–Crippen MR) is 88.5 cm³/mol. The van der Waals surface area contributed by atoms with Crippen molar-refractivity contribution in [1.29, 1.82) is 0 Å². The number of piperazine rings is 1. The Hall–Kier alpha value is 0.120. The highest BCUT2D eigenvalue weighted by Gasteiger charge is 2.23. The Kier molecular flexibility index (Phi) is 7.75. The standard InChI is InChI=1S/C13H17Br2FN2O.ClH/c14-10-7-9(8-11(15)13(10)19)12(1-2-16)18-5-3-17-4-6-18;/h7-8,12,17,19H,1-6H2;1H/t12-;/m0./s1. The first-order valence-corrected chi connectivity index (χ1v) is 7.90. The second-order valence-corrected chi connectivity index (χ2v) is 6.32. The van der Waals surface area contributed by atoms with Crippen molar-refractivity contribution in [2.24, 2.45) is 0 Å². The molecule has 1 heterocycles. The Morgan fingerprint density at radius 1 is 1.25 bits per heavy atom. The van der Waals surface area contributed by atoms with E-state index in [1.54, 1.807) is 0 Å². The first-order valence-electron chi connectivity index (χ1n) is 6.32. The monoisotopic (exact) mass is 430 g/mol. The molecule has 1 saturated heterocycles. The van der Waals surface area contributed by atoms with Gasteiger partial charge in [0.05, 0.1) is 15.6 Å². The molecule has 0 bridgehead atoms. The van der Waals surface area contributed by atoms with Gasteiger partial charge in [-0.25, -0.2) is 0 Å². The fourth-order valence-corrected chi connectivity index (χ4v) is 3.66. The van der Waals surface area contributed by atoms with Crippen LogP contribution in [0.1, 0.15) is 18.0 Å². The molecule has 1 aromatic rings. The van der Waals surface area contributed by atoms with Gasteiger partial charge in [-0.2, -0.15) is 0 Å². The minimum atomic E-state index is -0.343. The summed E-state index contributed by atoms with van der Waals surface area (Å²) in [4.78, 5) is 2.29. The lowest BCUT2D eigenvalue weighted by Crippen LogP contribution is -2.45. The normalized spacial score (nSPS) is 17.6. The van der Waals surface area contributed by atoms with E-state index in [1.807, 2.05) is 12.1 Å². The topological polar surface area (TPSA) is 35.5 Å². The number of rotatable bonds is 4. The molecule has 0 spiro atoms. The zero-order chi connectivity index (χ0) is 13.8. The molecule has 0 aliphatic carbocycles.